The third kappa shape index (κ3) is 1.94. The molecule has 0 bridgehead atoms. The second-order valence-corrected chi connectivity index (χ2v) is 1.96. The van der Waals surface area contributed by atoms with Gasteiger partial charge in [0.25, 0.3) is 0 Å². The first-order chi connectivity index (χ1) is 4.43. The summed E-state index contributed by atoms with van der Waals surface area (Å²) in [6, 6.07) is 9.35. The SMILES string of the molecule is [O]=[Ni][NH]c1ccccc1. The molecule has 1 rings (SSSR count). The standard InChI is InChI=1S/C6H6N.Ni.O/c7-6-4-2-1-3-5-6;;/h1-5,7H;;/q-1;+1;. The molecule has 0 aromatic heterocycles. The Bertz CT molecular complexity index is 188. The molecule has 0 aliphatic heterocycles. The predicted octanol–water partition coefficient (Wildman–Crippen LogP) is 1.44. The monoisotopic (exact) mass is 166 g/mol. The normalized spacial score (nSPS) is 9.33. The summed E-state index contributed by atoms with van der Waals surface area (Å²) in [7, 11) is 0. The summed E-state index contributed by atoms with van der Waals surface area (Å²) in [5, 5.41) is 0. The summed E-state index contributed by atoms with van der Waals surface area (Å²) in [4.78, 5) is 0. The Labute approximate surface area is 59.5 Å². The summed E-state index contributed by atoms with van der Waals surface area (Å²) in [5.74, 6) is 0. The number of para-hydroxylation sites is 1. The molecule has 0 aliphatic carbocycles. The topological polar surface area (TPSA) is 29.1 Å². The summed E-state index contributed by atoms with van der Waals surface area (Å²) >= 11 is 0.201. The minimum atomic E-state index is 0.201. The average molecular weight is 167 g/mol. The second-order valence-electron chi connectivity index (χ2n) is 1.51. The van der Waals surface area contributed by atoms with E-state index in [1.54, 1.807) is 0 Å². The number of anilines is 1. The van der Waals surface area contributed by atoms with Gasteiger partial charge in [-0.05, 0) is 0 Å². The molecule has 0 amide bonds. The zero-order valence-electron chi connectivity index (χ0n) is 4.61. The predicted molar refractivity (Wildman–Crippen MR) is 30.8 cm³/mol. The van der Waals surface area contributed by atoms with E-state index in [1.807, 2.05) is 30.3 Å². The molecule has 0 aliphatic rings. The molecule has 0 atom stereocenters. The van der Waals surface area contributed by atoms with Gasteiger partial charge in [0, 0.05) is 0 Å². The van der Waals surface area contributed by atoms with Crippen molar-refractivity contribution < 1.29 is 18.5 Å². The summed E-state index contributed by atoms with van der Waals surface area (Å²) < 4.78 is 12.5. The molecular weight excluding hydrogens is 161 g/mol. The van der Waals surface area contributed by atoms with Gasteiger partial charge in [0.15, 0.2) is 0 Å². The number of nitrogens with one attached hydrogen (secondary N) is 1. The van der Waals surface area contributed by atoms with Crippen molar-refractivity contribution in [3.05, 3.63) is 30.3 Å². The van der Waals surface area contributed by atoms with Crippen molar-refractivity contribution in [2.45, 2.75) is 0 Å². The van der Waals surface area contributed by atoms with Gasteiger partial charge in [-0.2, -0.15) is 0 Å². The van der Waals surface area contributed by atoms with Gasteiger partial charge >= 0.3 is 58.9 Å². The molecule has 3 heteroatoms. The number of rotatable bonds is 2. The first-order valence-electron chi connectivity index (χ1n) is 2.45. The van der Waals surface area contributed by atoms with Gasteiger partial charge in [0.05, 0.1) is 0 Å². The van der Waals surface area contributed by atoms with Crippen LogP contribution in [0.15, 0.2) is 30.3 Å². The van der Waals surface area contributed by atoms with Crippen LogP contribution in [0.4, 0.5) is 5.69 Å². The van der Waals surface area contributed by atoms with Crippen molar-refractivity contribution >= 4 is 5.69 Å². The Balaban J connectivity index is 2.72. The van der Waals surface area contributed by atoms with Crippen LogP contribution in [0.25, 0.3) is 0 Å². The van der Waals surface area contributed by atoms with Crippen molar-refractivity contribution in [2.75, 3.05) is 4.40 Å². The van der Waals surface area contributed by atoms with Crippen LogP contribution in [-0.4, -0.2) is 0 Å². The zero-order valence-corrected chi connectivity index (χ0v) is 5.60. The van der Waals surface area contributed by atoms with E-state index in [-0.39, 0.29) is 14.6 Å². The van der Waals surface area contributed by atoms with Crippen LogP contribution in [0.1, 0.15) is 0 Å². The molecule has 2 nitrogen and oxygen atoms in total. The molecule has 0 saturated heterocycles. The van der Waals surface area contributed by atoms with Gasteiger partial charge in [-0.25, -0.2) is 0 Å². The fourth-order valence-corrected chi connectivity index (χ4v) is 0.809. The van der Waals surface area contributed by atoms with Crippen LogP contribution in [0.2, 0.25) is 0 Å². The minimum absolute atomic E-state index is 0.201. The average Bonchev–Trinajstić information content (AvgIpc) is 1.91. The summed E-state index contributed by atoms with van der Waals surface area (Å²) in [6.45, 7) is 0. The van der Waals surface area contributed by atoms with E-state index >= 15 is 0 Å². The molecule has 1 aromatic rings. The Hall–Kier alpha value is -0.686. The first-order valence-corrected chi connectivity index (χ1v) is 3.34. The molecule has 1 aromatic carbocycles. The molecule has 1 N–H and O–H groups in total. The van der Waals surface area contributed by atoms with E-state index in [9.17, 15) is 3.90 Å². The van der Waals surface area contributed by atoms with Gasteiger partial charge in [0.1, 0.15) is 0 Å². The van der Waals surface area contributed by atoms with Crippen molar-refractivity contribution in [2.24, 2.45) is 0 Å². The van der Waals surface area contributed by atoms with Crippen LogP contribution >= 0.6 is 0 Å². The molecule has 0 radical (unpaired) electrons. The molecular formula is C6H6NNiO. The van der Waals surface area contributed by atoms with E-state index in [0.717, 1.165) is 5.69 Å². The molecule has 0 spiro atoms. The van der Waals surface area contributed by atoms with E-state index in [1.165, 1.54) is 0 Å². The van der Waals surface area contributed by atoms with Gasteiger partial charge in [-0.3, -0.25) is 0 Å². The third-order valence-corrected chi connectivity index (χ3v) is 1.28. The van der Waals surface area contributed by atoms with E-state index in [0.29, 0.717) is 0 Å². The van der Waals surface area contributed by atoms with Crippen molar-refractivity contribution in [1.82, 2.24) is 0 Å². The van der Waals surface area contributed by atoms with Gasteiger partial charge < -0.3 is 0 Å². The number of hydrogen-bond donors (Lipinski definition) is 1. The quantitative estimate of drug-likeness (QED) is 0.674. The molecule has 0 heterocycles. The number of hydrogen-bond acceptors (Lipinski definition) is 1. The Morgan fingerprint density at radius 2 is 1.89 bits per heavy atom. The molecule has 9 heavy (non-hydrogen) atoms. The van der Waals surface area contributed by atoms with Crippen molar-refractivity contribution in [3.63, 3.8) is 0 Å². The summed E-state index contributed by atoms with van der Waals surface area (Å²) in [6.07, 6.45) is 0. The van der Waals surface area contributed by atoms with Crippen LogP contribution in [0.3, 0.4) is 0 Å². The van der Waals surface area contributed by atoms with E-state index in [2.05, 4.69) is 4.40 Å². The van der Waals surface area contributed by atoms with E-state index < -0.39 is 0 Å². The van der Waals surface area contributed by atoms with Gasteiger partial charge in [-0.1, -0.05) is 0 Å². The second kappa shape index (κ2) is 3.36. The summed E-state index contributed by atoms with van der Waals surface area (Å²) in [5.41, 5.74) is 0.854. The van der Waals surface area contributed by atoms with Crippen molar-refractivity contribution in [3.8, 4) is 0 Å². The molecule has 0 saturated carbocycles. The Morgan fingerprint density at radius 3 is 2.44 bits per heavy atom. The third-order valence-electron chi connectivity index (χ3n) is 0.897. The van der Waals surface area contributed by atoms with E-state index in [4.69, 9.17) is 0 Å². The van der Waals surface area contributed by atoms with Crippen LogP contribution in [-0.2, 0) is 18.5 Å². The molecule has 51 valence electrons. The maximum absolute atomic E-state index is 9.93. The van der Waals surface area contributed by atoms with Crippen LogP contribution in [0, 0.1) is 0 Å². The fraction of sp³-hybridized carbons (Fsp3) is 0. The Kier molecular flexibility index (Phi) is 2.40. The molecule has 0 fully saturated rings. The fourth-order valence-electron chi connectivity index (χ4n) is 0.528. The van der Waals surface area contributed by atoms with Gasteiger partial charge in [-0.15, -0.1) is 0 Å². The van der Waals surface area contributed by atoms with Crippen LogP contribution in [0.5, 0.6) is 0 Å². The zero-order chi connectivity index (χ0) is 6.53. The van der Waals surface area contributed by atoms with Crippen molar-refractivity contribution in [1.29, 1.82) is 0 Å². The number of benzene rings is 1. The first kappa shape index (κ1) is 6.43. The maximum atomic E-state index is 9.93. The van der Waals surface area contributed by atoms with Gasteiger partial charge in [0.2, 0.25) is 0 Å². The Morgan fingerprint density at radius 1 is 1.22 bits per heavy atom. The van der Waals surface area contributed by atoms with Crippen LogP contribution < -0.4 is 4.40 Å². The molecule has 0 unspecified atom stereocenters.